The molecule has 0 bridgehead atoms. The van der Waals surface area contributed by atoms with Gasteiger partial charge in [-0.1, -0.05) is 0 Å². The number of urea groups is 1. The minimum atomic E-state index is -0.246. The summed E-state index contributed by atoms with van der Waals surface area (Å²) in [5, 5.41) is 2.27. The Labute approximate surface area is 64.5 Å². The molecule has 2 saturated heterocycles. The number of imide groups is 1. The van der Waals surface area contributed by atoms with Gasteiger partial charge < -0.3 is 4.90 Å². The highest BCUT2D eigenvalue weighted by molar-refractivity contribution is 6.09. The summed E-state index contributed by atoms with van der Waals surface area (Å²) in [7, 11) is 0. The summed E-state index contributed by atoms with van der Waals surface area (Å²) < 4.78 is 0. The Morgan fingerprint density at radius 2 is 2.09 bits per heavy atom. The smallest absolute Gasteiger partial charge is 0.307 e. The van der Waals surface area contributed by atoms with Crippen molar-refractivity contribution in [2.45, 2.75) is 19.3 Å². The van der Waals surface area contributed by atoms with Crippen LogP contribution in [0.2, 0.25) is 0 Å². The standard InChI is InChI=1S/C7H9N2O2/c10-6-5-3-1-2-4-9(5)7(11)8-6/h1-4H2,(H,8,10,11). The predicted octanol–water partition coefficient (Wildman–Crippen LogP) is 0.254. The zero-order valence-electron chi connectivity index (χ0n) is 6.09. The van der Waals surface area contributed by atoms with E-state index in [4.69, 9.17) is 0 Å². The number of fused-ring (bicyclic) bond motifs is 1. The fraction of sp³-hybridized carbons (Fsp3) is 0.571. The van der Waals surface area contributed by atoms with Gasteiger partial charge in [-0.25, -0.2) is 4.79 Å². The first kappa shape index (κ1) is 6.64. The van der Waals surface area contributed by atoms with Crippen LogP contribution in [-0.4, -0.2) is 23.4 Å². The maximum Gasteiger partial charge on any atom is 0.325 e. The van der Waals surface area contributed by atoms with Crippen LogP contribution in [0.25, 0.3) is 0 Å². The number of hydrogen-bond donors (Lipinski definition) is 1. The maximum absolute atomic E-state index is 11.0. The predicted molar refractivity (Wildman–Crippen MR) is 37.3 cm³/mol. The Balaban J connectivity index is 2.19. The molecule has 3 amide bonds. The molecule has 0 saturated carbocycles. The third-order valence-corrected chi connectivity index (χ3v) is 2.10. The highest BCUT2D eigenvalue weighted by Gasteiger charge is 2.40. The molecule has 0 aliphatic carbocycles. The van der Waals surface area contributed by atoms with Gasteiger partial charge >= 0.3 is 6.03 Å². The van der Waals surface area contributed by atoms with E-state index in [1.165, 1.54) is 0 Å². The highest BCUT2D eigenvalue weighted by atomic mass is 16.2. The molecule has 2 aliphatic rings. The van der Waals surface area contributed by atoms with Crippen LogP contribution in [0.1, 0.15) is 19.3 Å². The second-order valence-corrected chi connectivity index (χ2v) is 2.81. The molecule has 2 rings (SSSR count). The number of carbonyl (C=O) groups is 2. The van der Waals surface area contributed by atoms with Crippen LogP contribution in [0.3, 0.4) is 0 Å². The third-order valence-electron chi connectivity index (χ3n) is 2.10. The van der Waals surface area contributed by atoms with Gasteiger partial charge in [-0.05, 0) is 19.3 Å². The normalized spacial score (nSPS) is 25.3. The summed E-state index contributed by atoms with van der Waals surface area (Å²) >= 11 is 0. The zero-order chi connectivity index (χ0) is 7.84. The largest absolute Gasteiger partial charge is 0.325 e. The lowest BCUT2D eigenvalue weighted by atomic mass is 10.0. The summed E-state index contributed by atoms with van der Waals surface area (Å²) in [4.78, 5) is 23.5. The lowest BCUT2D eigenvalue weighted by molar-refractivity contribution is -0.118. The Hall–Kier alpha value is -1.06. The number of hydrogen-bond acceptors (Lipinski definition) is 2. The average Bonchev–Trinajstić information content (AvgIpc) is 2.30. The summed E-state index contributed by atoms with van der Waals surface area (Å²) in [6.45, 7) is 0.701. The Bertz CT molecular complexity index is 192. The minimum Gasteiger partial charge on any atom is -0.307 e. The van der Waals surface area contributed by atoms with Crippen molar-refractivity contribution >= 4 is 11.9 Å². The fourth-order valence-electron chi connectivity index (χ4n) is 1.53. The van der Waals surface area contributed by atoms with E-state index in [0.29, 0.717) is 12.6 Å². The van der Waals surface area contributed by atoms with Gasteiger partial charge in [0.2, 0.25) is 0 Å². The number of amides is 3. The SMILES string of the molecule is O=C1NC(=O)N2CCCC[C]12. The summed E-state index contributed by atoms with van der Waals surface area (Å²) in [6.07, 6.45) is 2.77. The monoisotopic (exact) mass is 153 g/mol. The summed E-state index contributed by atoms with van der Waals surface area (Å²) in [5.74, 6) is -0.199. The molecular formula is C7H9N2O2. The number of piperidine rings is 1. The van der Waals surface area contributed by atoms with E-state index in [-0.39, 0.29) is 11.9 Å². The van der Waals surface area contributed by atoms with Crippen molar-refractivity contribution in [2.24, 2.45) is 0 Å². The minimum absolute atomic E-state index is 0.199. The van der Waals surface area contributed by atoms with Gasteiger partial charge in [0.15, 0.2) is 6.04 Å². The van der Waals surface area contributed by atoms with Gasteiger partial charge in [0.1, 0.15) is 0 Å². The van der Waals surface area contributed by atoms with Crippen LogP contribution in [0.5, 0.6) is 0 Å². The van der Waals surface area contributed by atoms with Crippen molar-refractivity contribution in [2.75, 3.05) is 6.54 Å². The quantitative estimate of drug-likeness (QED) is 0.507. The molecule has 2 fully saturated rings. The average molecular weight is 153 g/mol. The topological polar surface area (TPSA) is 49.4 Å². The van der Waals surface area contributed by atoms with Gasteiger partial charge in [0.25, 0.3) is 5.91 Å². The number of rotatable bonds is 0. The Kier molecular flexibility index (Phi) is 1.34. The van der Waals surface area contributed by atoms with E-state index >= 15 is 0 Å². The van der Waals surface area contributed by atoms with Crippen LogP contribution in [-0.2, 0) is 4.79 Å². The van der Waals surface area contributed by atoms with Crippen LogP contribution in [0.4, 0.5) is 4.79 Å². The second-order valence-electron chi connectivity index (χ2n) is 2.81. The van der Waals surface area contributed by atoms with Crippen molar-refractivity contribution in [1.29, 1.82) is 0 Å². The van der Waals surface area contributed by atoms with Crippen LogP contribution < -0.4 is 5.32 Å². The van der Waals surface area contributed by atoms with E-state index in [9.17, 15) is 9.59 Å². The molecule has 1 N–H and O–H groups in total. The molecule has 59 valence electrons. The molecular weight excluding hydrogens is 144 g/mol. The molecule has 4 heteroatoms. The molecule has 0 unspecified atom stereocenters. The van der Waals surface area contributed by atoms with Gasteiger partial charge in [-0.15, -0.1) is 0 Å². The Morgan fingerprint density at radius 3 is 2.82 bits per heavy atom. The molecule has 2 heterocycles. The first-order chi connectivity index (χ1) is 5.29. The summed E-state index contributed by atoms with van der Waals surface area (Å²) in [6, 6.07) is 0.408. The molecule has 4 nitrogen and oxygen atoms in total. The van der Waals surface area contributed by atoms with Crippen molar-refractivity contribution < 1.29 is 9.59 Å². The molecule has 11 heavy (non-hydrogen) atoms. The van der Waals surface area contributed by atoms with Crippen molar-refractivity contribution in [3.63, 3.8) is 0 Å². The first-order valence-electron chi connectivity index (χ1n) is 3.78. The molecule has 0 aromatic heterocycles. The highest BCUT2D eigenvalue weighted by Crippen LogP contribution is 2.26. The van der Waals surface area contributed by atoms with Crippen molar-refractivity contribution in [3.8, 4) is 0 Å². The lowest BCUT2D eigenvalue weighted by Gasteiger charge is -2.24. The maximum atomic E-state index is 11.0. The van der Waals surface area contributed by atoms with Gasteiger partial charge in [-0.2, -0.15) is 0 Å². The van der Waals surface area contributed by atoms with Gasteiger partial charge in [0.05, 0.1) is 0 Å². The molecule has 0 atom stereocenters. The molecule has 0 spiro atoms. The fourth-order valence-corrected chi connectivity index (χ4v) is 1.53. The number of nitrogens with zero attached hydrogens (tertiary/aromatic N) is 1. The number of nitrogens with one attached hydrogen (secondary N) is 1. The number of carbonyl (C=O) groups excluding carboxylic acids is 2. The molecule has 0 aromatic carbocycles. The lowest BCUT2D eigenvalue weighted by Crippen LogP contribution is -2.33. The summed E-state index contributed by atoms with van der Waals surface area (Å²) in [5.41, 5.74) is 0. The zero-order valence-corrected chi connectivity index (χ0v) is 6.09. The van der Waals surface area contributed by atoms with Crippen LogP contribution in [0, 0.1) is 6.04 Å². The molecule has 0 aromatic rings. The molecule has 1 radical (unpaired) electrons. The van der Waals surface area contributed by atoms with E-state index < -0.39 is 0 Å². The Morgan fingerprint density at radius 1 is 1.27 bits per heavy atom. The first-order valence-corrected chi connectivity index (χ1v) is 3.78. The van der Waals surface area contributed by atoms with Crippen LogP contribution >= 0.6 is 0 Å². The second kappa shape index (κ2) is 2.22. The van der Waals surface area contributed by atoms with E-state index in [0.717, 1.165) is 19.3 Å². The third kappa shape index (κ3) is 0.895. The van der Waals surface area contributed by atoms with E-state index in [2.05, 4.69) is 5.32 Å². The van der Waals surface area contributed by atoms with Gasteiger partial charge in [0, 0.05) is 6.54 Å². The van der Waals surface area contributed by atoms with E-state index in [1.54, 1.807) is 4.90 Å². The van der Waals surface area contributed by atoms with Gasteiger partial charge in [-0.3, -0.25) is 10.1 Å². The van der Waals surface area contributed by atoms with Crippen molar-refractivity contribution in [3.05, 3.63) is 6.04 Å². The molecule has 2 aliphatic heterocycles. The van der Waals surface area contributed by atoms with Crippen molar-refractivity contribution in [1.82, 2.24) is 10.2 Å². The van der Waals surface area contributed by atoms with Crippen LogP contribution in [0.15, 0.2) is 0 Å². The van der Waals surface area contributed by atoms with E-state index in [1.807, 2.05) is 0 Å².